The summed E-state index contributed by atoms with van der Waals surface area (Å²) >= 11 is 0. The van der Waals surface area contributed by atoms with E-state index in [1.165, 1.54) is 12.3 Å². The normalized spacial score (nSPS) is 11.9. The monoisotopic (exact) mass is 322 g/mol. The van der Waals surface area contributed by atoms with Gasteiger partial charge in [0.2, 0.25) is 5.91 Å². The lowest BCUT2D eigenvalue weighted by molar-refractivity contribution is -0.117. The van der Waals surface area contributed by atoms with Gasteiger partial charge in [-0.05, 0) is 47.5 Å². The molecule has 3 rings (SSSR count). The summed E-state index contributed by atoms with van der Waals surface area (Å²) < 4.78 is 5.22. The minimum absolute atomic E-state index is 0.0522. The highest BCUT2D eigenvalue weighted by Gasteiger charge is 2.17. The number of aromatic nitrogens is 1. The van der Waals surface area contributed by atoms with Crippen molar-refractivity contribution in [2.75, 3.05) is 12.4 Å². The van der Waals surface area contributed by atoms with Gasteiger partial charge in [0, 0.05) is 6.20 Å². The number of nitrogens with one attached hydrogen (secondary N) is 1. The van der Waals surface area contributed by atoms with Crippen LogP contribution in [-0.2, 0) is 4.79 Å². The first-order chi connectivity index (χ1) is 11.6. The van der Waals surface area contributed by atoms with Gasteiger partial charge in [-0.15, -0.1) is 0 Å². The smallest absolute Gasteiger partial charge is 0.232 e. The average molecular weight is 322 g/mol. The second-order valence-electron chi connectivity index (χ2n) is 5.55. The number of amides is 1. The Hall–Kier alpha value is -3.08. The molecule has 3 aromatic rings. The number of pyridine rings is 1. The van der Waals surface area contributed by atoms with Crippen LogP contribution in [-0.4, -0.2) is 23.1 Å². The Morgan fingerprint density at radius 2 is 1.92 bits per heavy atom. The number of nitrogens with zero attached hydrogens (tertiary/aromatic N) is 1. The van der Waals surface area contributed by atoms with Gasteiger partial charge in [-0.25, -0.2) is 4.98 Å². The first-order valence-corrected chi connectivity index (χ1v) is 7.61. The maximum atomic E-state index is 12.4. The molecule has 5 nitrogen and oxygen atoms in total. The van der Waals surface area contributed by atoms with Crippen LogP contribution in [0.15, 0.2) is 54.7 Å². The molecule has 0 bridgehead atoms. The lowest BCUT2D eigenvalue weighted by Gasteiger charge is -2.14. The van der Waals surface area contributed by atoms with E-state index in [9.17, 15) is 9.90 Å². The van der Waals surface area contributed by atoms with E-state index in [1.54, 1.807) is 13.2 Å². The summed E-state index contributed by atoms with van der Waals surface area (Å²) in [4.78, 5) is 16.4. The summed E-state index contributed by atoms with van der Waals surface area (Å²) in [5, 5.41) is 14.5. The van der Waals surface area contributed by atoms with Crippen LogP contribution in [0.3, 0.4) is 0 Å². The molecule has 0 spiro atoms. The third-order valence-corrected chi connectivity index (χ3v) is 3.99. The standard InChI is InChI=1S/C19H18N2O3/c1-12(19(23)21-18-17(22)4-3-9-20-18)13-5-6-15-11-16(24-2)8-7-14(15)10-13/h3-12,22H,1-2H3,(H,20,21,23). The highest BCUT2D eigenvalue weighted by atomic mass is 16.5. The Kier molecular flexibility index (Phi) is 4.33. The summed E-state index contributed by atoms with van der Waals surface area (Å²) in [5.74, 6) is 0.310. The fourth-order valence-electron chi connectivity index (χ4n) is 2.51. The molecule has 0 aliphatic carbocycles. The zero-order chi connectivity index (χ0) is 17.1. The number of carbonyl (C=O) groups is 1. The number of fused-ring (bicyclic) bond motifs is 1. The molecule has 0 radical (unpaired) electrons. The Morgan fingerprint density at radius 1 is 1.17 bits per heavy atom. The molecule has 0 fully saturated rings. The summed E-state index contributed by atoms with van der Waals surface area (Å²) in [5.41, 5.74) is 0.889. The minimum atomic E-state index is -0.377. The summed E-state index contributed by atoms with van der Waals surface area (Å²) in [6.45, 7) is 1.82. The number of methoxy groups -OCH3 is 1. The topological polar surface area (TPSA) is 71.5 Å². The quantitative estimate of drug-likeness (QED) is 0.768. The number of anilines is 1. The minimum Gasteiger partial charge on any atom is -0.504 e. The molecule has 2 N–H and O–H groups in total. The maximum absolute atomic E-state index is 12.4. The van der Waals surface area contributed by atoms with Crippen LogP contribution in [0.4, 0.5) is 5.82 Å². The number of ether oxygens (including phenoxy) is 1. The largest absolute Gasteiger partial charge is 0.504 e. The summed E-state index contributed by atoms with van der Waals surface area (Å²) in [6.07, 6.45) is 1.52. The molecular formula is C19H18N2O3. The molecule has 1 aromatic heterocycles. The van der Waals surface area contributed by atoms with Gasteiger partial charge in [0.25, 0.3) is 0 Å². The predicted molar refractivity (Wildman–Crippen MR) is 93.4 cm³/mol. The van der Waals surface area contributed by atoms with Crippen molar-refractivity contribution in [3.63, 3.8) is 0 Å². The van der Waals surface area contributed by atoms with Crippen molar-refractivity contribution in [1.82, 2.24) is 4.98 Å². The van der Waals surface area contributed by atoms with E-state index in [4.69, 9.17) is 4.74 Å². The Morgan fingerprint density at radius 3 is 2.67 bits per heavy atom. The van der Waals surface area contributed by atoms with Gasteiger partial charge in [0.05, 0.1) is 13.0 Å². The molecular weight excluding hydrogens is 304 g/mol. The van der Waals surface area contributed by atoms with Crippen molar-refractivity contribution in [1.29, 1.82) is 0 Å². The molecule has 1 heterocycles. The molecule has 5 heteroatoms. The third kappa shape index (κ3) is 3.15. The van der Waals surface area contributed by atoms with Gasteiger partial charge < -0.3 is 15.2 Å². The van der Waals surface area contributed by atoms with E-state index in [1.807, 2.05) is 43.3 Å². The van der Waals surface area contributed by atoms with E-state index >= 15 is 0 Å². The first-order valence-electron chi connectivity index (χ1n) is 7.61. The fraction of sp³-hybridized carbons (Fsp3) is 0.158. The van der Waals surface area contributed by atoms with E-state index in [2.05, 4.69) is 10.3 Å². The van der Waals surface area contributed by atoms with Crippen LogP contribution >= 0.6 is 0 Å². The van der Waals surface area contributed by atoms with Gasteiger partial charge in [-0.2, -0.15) is 0 Å². The molecule has 1 amide bonds. The molecule has 0 saturated heterocycles. The molecule has 0 saturated carbocycles. The van der Waals surface area contributed by atoms with Crippen molar-refractivity contribution in [2.45, 2.75) is 12.8 Å². The van der Waals surface area contributed by atoms with Crippen molar-refractivity contribution >= 4 is 22.5 Å². The highest BCUT2D eigenvalue weighted by molar-refractivity contribution is 5.96. The van der Waals surface area contributed by atoms with Gasteiger partial charge in [-0.3, -0.25) is 4.79 Å². The third-order valence-electron chi connectivity index (χ3n) is 3.99. The van der Waals surface area contributed by atoms with Crippen LogP contribution in [0.5, 0.6) is 11.5 Å². The van der Waals surface area contributed by atoms with Gasteiger partial charge in [0.1, 0.15) is 5.75 Å². The second-order valence-corrected chi connectivity index (χ2v) is 5.55. The van der Waals surface area contributed by atoms with Gasteiger partial charge in [0.15, 0.2) is 11.6 Å². The lowest BCUT2D eigenvalue weighted by Crippen LogP contribution is -2.19. The molecule has 0 aliphatic heterocycles. The van der Waals surface area contributed by atoms with Crippen molar-refractivity contribution in [3.8, 4) is 11.5 Å². The number of benzene rings is 2. The summed E-state index contributed by atoms with van der Waals surface area (Å²) in [7, 11) is 1.63. The molecule has 2 aromatic carbocycles. The molecule has 24 heavy (non-hydrogen) atoms. The van der Waals surface area contributed by atoms with Crippen molar-refractivity contribution in [3.05, 3.63) is 60.3 Å². The van der Waals surface area contributed by atoms with Gasteiger partial charge >= 0.3 is 0 Å². The van der Waals surface area contributed by atoms with Crippen LogP contribution in [0.2, 0.25) is 0 Å². The van der Waals surface area contributed by atoms with Gasteiger partial charge in [-0.1, -0.05) is 24.3 Å². The highest BCUT2D eigenvalue weighted by Crippen LogP contribution is 2.26. The Bertz CT molecular complexity index is 893. The van der Waals surface area contributed by atoms with E-state index in [0.29, 0.717) is 0 Å². The molecule has 0 aliphatic rings. The zero-order valence-electron chi connectivity index (χ0n) is 13.5. The van der Waals surface area contributed by atoms with Crippen LogP contribution < -0.4 is 10.1 Å². The molecule has 1 unspecified atom stereocenters. The molecule has 122 valence electrons. The fourth-order valence-corrected chi connectivity index (χ4v) is 2.51. The molecule has 1 atom stereocenters. The predicted octanol–water partition coefficient (Wildman–Crippen LogP) is 3.69. The zero-order valence-corrected chi connectivity index (χ0v) is 13.5. The number of aromatic hydroxyl groups is 1. The van der Waals surface area contributed by atoms with Crippen molar-refractivity contribution in [2.24, 2.45) is 0 Å². The van der Waals surface area contributed by atoms with E-state index < -0.39 is 0 Å². The SMILES string of the molecule is COc1ccc2cc(C(C)C(=O)Nc3ncccc3O)ccc2c1. The van der Waals surface area contributed by atoms with Crippen LogP contribution in [0.25, 0.3) is 10.8 Å². The van der Waals surface area contributed by atoms with Crippen LogP contribution in [0.1, 0.15) is 18.4 Å². The number of hydrogen-bond acceptors (Lipinski definition) is 4. The Labute approximate surface area is 139 Å². The number of carbonyl (C=O) groups excluding carboxylic acids is 1. The average Bonchev–Trinajstić information content (AvgIpc) is 2.62. The van der Waals surface area contributed by atoms with Crippen molar-refractivity contribution < 1.29 is 14.6 Å². The Balaban J connectivity index is 1.83. The number of rotatable bonds is 4. The van der Waals surface area contributed by atoms with E-state index in [0.717, 1.165) is 22.1 Å². The maximum Gasteiger partial charge on any atom is 0.232 e. The van der Waals surface area contributed by atoms with Crippen LogP contribution in [0, 0.1) is 0 Å². The second kappa shape index (κ2) is 6.58. The lowest BCUT2D eigenvalue weighted by atomic mass is 9.97. The first kappa shape index (κ1) is 15.8. The number of hydrogen-bond donors (Lipinski definition) is 2. The summed E-state index contributed by atoms with van der Waals surface area (Å²) in [6, 6.07) is 14.8. The van der Waals surface area contributed by atoms with E-state index in [-0.39, 0.29) is 23.4 Å².